The van der Waals surface area contributed by atoms with Gasteiger partial charge in [-0.15, -0.1) is 0 Å². The van der Waals surface area contributed by atoms with Gasteiger partial charge in [-0.2, -0.15) is 0 Å². The Bertz CT molecular complexity index is 317. The van der Waals surface area contributed by atoms with Crippen LogP contribution in [-0.2, 0) is 9.59 Å². The van der Waals surface area contributed by atoms with E-state index in [2.05, 4.69) is 5.32 Å². The van der Waals surface area contributed by atoms with E-state index < -0.39 is 35.4 Å². The Balaban J connectivity index is 2.43. The van der Waals surface area contributed by atoms with Gasteiger partial charge in [0.1, 0.15) is 0 Å². The van der Waals surface area contributed by atoms with Crippen molar-refractivity contribution in [3.63, 3.8) is 0 Å². The molecule has 1 saturated carbocycles. The summed E-state index contributed by atoms with van der Waals surface area (Å²) in [6.07, 6.45) is -0.532. The summed E-state index contributed by atoms with van der Waals surface area (Å²) in [6, 6.07) is 0. The number of ketones is 1. The zero-order chi connectivity index (χ0) is 13.2. The lowest BCUT2D eigenvalue weighted by atomic mass is 10.0. The summed E-state index contributed by atoms with van der Waals surface area (Å²) >= 11 is 0. The normalized spacial score (nSPS) is 30.5. The number of carbonyl (C=O) groups excluding carboxylic acids is 2. The van der Waals surface area contributed by atoms with Crippen molar-refractivity contribution in [1.29, 1.82) is 0 Å². The molecule has 98 valence electrons. The number of carbonyl (C=O) groups is 2. The first kappa shape index (κ1) is 14.1. The molecule has 0 aromatic rings. The lowest BCUT2D eigenvalue weighted by molar-refractivity contribution is -0.139. The van der Waals surface area contributed by atoms with Gasteiger partial charge in [-0.3, -0.25) is 9.59 Å². The summed E-state index contributed by atoms with van der Waals surface area (Å²) < 4.78 is 0. The largest absolute Gasteiger partial charge is 0.393 e. The van der Waals surface area contributed by atoms with Crippen LogP contribution in [0.4, 0.5) is 0 Å². The topological polar surface area (TPSA) is 113 Å². The van der Waals surface area contributed by atoms with Crippen molar-refractivity contribution in [3.05, 3.63) is 0 Å². The highest BCUT2D eigenvalue weighted by Crippen LogP contribution is 2.45. The molecular weight excluding hydrogens is 224 g/mol. The van der Waals surface area contributed by atoms with E-state index in [9.17, 15) is 14.7 Å². The number of aliphatic hydroxyl groups excluding tert-OH is 2. The van der Waals surface area contributed by atoms with Crippen LogP contribution in [0.1, 0.15) is 26.7 Å². The minimum atomic E-state index is -0.743. The lowest BCUT2D eigenvalue weighted by Gasteiger charge is -2.13. The van der Waals surface area contributed by atoms with Crippen molar-refractivity contribution >= 4 is 11.7 Å². The number of nitrogens with one attached hydrogen (secondary N) is 1. The molecule has 1 fully saturated rings. The summed E-state index contributed by atoms with van der Waals surface area (Å²) in [4.78, 5) is 23.1. The molecule has 1 aliphatic rings. The predicted molar refractivity (Wildman–Crippen MR) is 61.0 cm³/mol. The van der Waals surface area contributed by atoms with Gasteiger partial charge in [0.25, 0.3) is 5.91 Å². The van der Waals surface area contributed by atoms with Gasteiger partial charge < -0.3 is 21.3 Å². The van der Waals surface area contributed by atoms with Gasteiger partial charge in [-0.25, -0.2) is 0 Å². The highest BCUT2D eigenvalue weighted by Gasteiger charge is 2.56. The average Bonchev–Trinajstić information content (AvgIpc) is 2.83. The molecule has 0 saturated heterocycles. The summed E-state index contributed by atoms with van der Waals surface area (Å²) in [7, 11) is 0. The quantitative estimate of drug-likeness (QED) is 0.427. The van der Waals surface area contributed by atoms with E-state index in [1.165, 1.54) is 6.92 Å². The molecule has 6 nitrogen and oxygen atoms in total. The van der Waals surface area contributed by atoms with Gasteiger partial charge in [0, 0.05) is 18.0 Å². The second-order valence-electron chi connectivity index (χ2n) is 4.97. The predicted octanol–water partition coefficient (Wildman–Crippen LogP) is -1.46. The number of aliphatic hydroxyl groups is 2. The third-order valence-corrected chi connectivity index (χ3v) is 2.89. The lowest BCUT2D eigenvalue weighted by Crippen LogP contribution is -2.40. The van der Waals surface area contributed by atoms with Gasteiger partial charge in [-0.1, -0.05) is 0 Å². The number of nitrogens with two attached hydrogens (primary N) is 1. The SMILES string of the molecule is CC(O)CNC(=O)C(=O)[C@H]1CC1(N)CC(C)O. The van der Waals surface area contributed by atoms with Gasteiger partial charge in [-0.05, 0) is 26.7 Å². The smallest absolute Gasteiger partial charge is 0.287 e. The zero-order valence-electron chi connectivity index (χ0n) is 10.1. The summed E-state index contributed by atoms with van der Waals surface area (Å²) in [6.45, 7) is 3.16. The molecule has 0 aromatic heterocycles. The minimum absolute atomic E-state index is 0.0469. The monoisotopic (exact) mass is 244 g/mol. The third-order valence-electron chi connectivity index (χ3n) is 2.89. The van der Waals surface area contributed by atoms with Crippen molar-refractivity contribution in [3.8, 4) is 0 Å². The van der Waals surface area contributed by atoms with Crippen LogP contribution in [0.5, 0.6) is 0 Å². The Labute approximate surface area is 100 Å². The van der Waals surface area contributed by atoms with Crippen LogP contribution in [0.3, 0.4) is 0 Å². The first-order valence-corrected chi connectivity index (χ1v) is 5.73. The molecule has 0 bridgehead atoms. The summed E-state index contributed by atoms with van der Waals surface area (Å²) in [5, 5.41) is 20.5. The summed E-state index contributed by atoms with van der Waals surface area (Å²) in [5.74, 6) is -1.78. The molecule has 1 aliphatic carbocycles. The molecule has 0 aliphatic heterocycles. The molecule has 3 unspecified atom stereocenters. The first-order chi connectivity index (χ1) is 7.76. The molecule has 0 radical (unpaired) electrons. The van der Waals surface area contributed by atoms with Crippen LogP contribution in [0.15, 0.2) is 0 Å². The fraction of sp³-hybridized carbons (Fsp3) is 0.818. The van der Waals surface area contributed by atoms with Gasteiger partial charge in [0.2, 0.25) is 5.78 Å². The average molecular weight is 244 g/mol. The van der Waals surface area contributed by atoms with Crippen molar-refractivity contribution in [1.82, 2.24) is 5.32 Å². The molecule has 6 heteroatoms. The molecule has 0 aromatic carbocycles. The van der Waals surface area contributed by atoms with Crippen LogP contribution in [0.25, 0.3) is 0 Å². The number of Topliss-reactive ketones (excluding diaryl/α,β-unsaturated/α-hetero) is 1. The highest BCUT2D eigenvalue weighted by atomic mass is 16.3. The number of amides is 1. The molecule has 1 amide bonds. The molecule has 1 rings (SSSR count). The van der Waals surface area contributed by atoms with E-state index in [4.69, 9.17) is 10.8 Å². The van der Waals surface area contributed by atoms with E-state index in [0.717, 1.165) is 0 Å². The Morgan fingerprint density at radius 1 is 1.41 bits per heavy atom. The number of hydrogen-bond donors (Lipinski definition) is 4. The van der Waals surface area contributed by atoms with Crippen LogP contribution in [-0.4, -0.2) is 46.2 Å². The van der Waals surface area contributed by atoms with Crippen molar-refractivity contribution in [2.45, 2.75) is 44.4 Å². The molecule has 5 N–H and O–H groups in total. The first-order valence-electron chi connectivity index (χ1n) is 5.73. The van der Waals surface area contributed by atoms with E-state index in [1.54, 1.807) is 6.92 Å². The Morgan fingerprint density at radius 3 is 2.47 bits per heavy atom. The van der Waals surface area contributed by atoms with E-state index >= 15 is 0 Å². The second kappa shape index (κ2) is 5.12. The van der Waals surface area contributed by atoms with Gasteiger partial charge in [0.05, 0.1) is 12.2 Å². The van der Waals surface area contributed by atoms with E-state index in [0.29, 0.717) is 12.8 Å². The van der Waals surface area contributed by atoms with Crippen LogP contribution < -0.4 is 11.1 Å². The van der Waals surface area contributed by atoms with E-state index in [-0.39, 0.29) is 6.54 Å². The molecular formula is C11H20N2O4. The number of hydrogen-bond acceptors (Lipinski definition) is 5. The Morgan fingerprint density at radius 2 is 2.00 bits per heavy atom. The van der Waals surface area contributed by atoms with Gasteiger partial charge >= 0.3 is 0 Å². The summed E-state index contributed by atoms with van der Waals surface area (Å²) in [5.41, 5.74) is 5.13. The maximum atomic E-state index is 11.7. The maximum Gasteiger partial charge on any atom is 0.287 e. The highest BCUT2D eigenvalue weighted by molar-refractivity contribution is 6.38. The van der Waals surface area contributed by atoms with Crippen molar-refractivity contribution < 1.29 is 19.8 Å². The fourth-order valence-electron chi connectivity index (χ4n) is 1.94. The molecule has 4 atom stereocenters. The van der Waals surface area contributed by atoms with Crippen molar-refractivity contribution in [2.75, 3.05) is 6.54 Å². The fourth-order valence-corrected chi connectivity index (χ4v) is 1.94. The zero-order valence-corrected chi connectivity index (χ0v) is 10.1. The molecule has 0 heterocycles. The molecule has 17 heavy (non-hydrogen) atoms. The Kier molecular flexibility index (Phi) is 4.24. The van der Waals surface area contributed by atoms with Crippen molar-refractivity contribution in [2.24, 2.45) is 11.7 Å². The van der Waals surface area contributed by atoms with Crippen LogP contribution in [0.2, 0.25) is 0 Å². The third kappa shape index (κ3) is 3.76. The standard InChI is InChI=1S/C11H20N2O4/c1-6(14)3-11(12)4-8(11)9(16)10(17)13-5-7(2)15/h6-8,14-15H,3-5,12H2,1-2H3,(H,13,17)/t6?,7?,8-,11?/m1/s1. The van der Waals surface area contributed by atoms with E-state index in [1.807, 2.05) is 0 Å². The maximum absolute atomic E-state index is 11.7. The van der Waals surface area contributed by atoms with Crippen LogP contribution in [0, 0.1) is 5.92 Å². The minimum Gasteiger partial charge on any atom is -0.393 e. The molecule has 0 spiro atoms. The second-order valence-corrected chi connectivity index (χ2v) is 4.97. The van der Waals surface area contributed by atoms with Crippen LogP contribution >= 0.6 is 0 Å². The Hall–Kier alpha value is -0.980. The van der Waals surface area contributed by atoms with Gasteiger partial charge in [0.15, 0.2) is 0 Å². The number of rotatable bonds is 6.